The monoisotopic (exact) mass is 255 g/mol. The summed E-state index contributed by atoms with van der Waals surface area (Å²) in [5.74, 6) is 0.838. The molecule has 0 unspecified atom stereocenters. The van der Waals surface area contributed by atoms with Gasteiger partial charge in [-0.2, -0.15) is 0 Å². The first-order valence-electron chi connectivity index (χ1n) is 5.83. The first-order valence-corrected chi connectivity index (χ1v) is 6.59. The maximum Gasteiger partial charge on any atom is 0.0595 e. The van der Waals surface area contributed by atoms with Crippen LogP contribution in [0.3, 0.4) is 0 Å². The Morgan fingerprint density at radius 2 is 2.19 bits per heavy atom. The van der Waals surface area contributed by atoms with Crippen molar-refractivity contribution >= 4 is 23.2 Å². The number of nitrogens with zero attached hydrogens (tertiary/aromatic N) is 1. The molecule has 2 atom stereocenters. The summed E-state index contributed by atoms with van der Waals surface area (Å²) in [4.78, 5) is 2.52. The van der Waals surface area contributed by atoms with Crippen LogP contribution in [0.15, 0.2) is 18.2 Å². The van der Waals surface area contributed by atoms with E-state index in [1.54, 1.807) is 0 Å². The fourth-order valence-corrected chi connectivity index (χ4v) is 3.38. The second-order valence-corrected chi connectivity index (χ2v) is 5.83. The van der Waals surface area contributed by atoms with Crippen LogP contribution in [0, 0.1) is 5.92 Å². The van der Waals surface area contributed by atoms with Crippen molar-refractivity contribution in [2.45, 2.75) is 18.8 Å². The van der Waals surface area contributed by atoms with Gasteiger partial charge in [-0.05, 0) is 36.6 Å². The summed E-state index contributed by atoms with van der Waals surface area (Å²) in [5.41, 5.74) is 1.77. The van der Waals surface area contributed by atoms with Crippen molar-refractivity contribution in [3.05, 3.63) is 33.8 Å². The highest BCUT2D eigenvalue weighted by molar-refractivity contribution is 6.42. The summed E-state index contributed by atoms with van der Waals surface area (Å²) in [7, 11) is 0. The summed E-state index contributed by atoms with van der Waals surface area (Å²) < 4.78 is 0. The maximum atomic E-state index is 6.10. The number of rotatable bonds is 2. The lowest BCUT2D eigenvalue weighted by Crippen LogP contribution is -2.26. The molecule has 0 radical (unpaired) electrons. The van der Waals surface area contributed by atoms with E-state index in [4.69, 9.17) is 23.2 Å². The molecule has 0 N–H and O–H groups in total. The van der Waals surface area contributed by atoms with Gasteiger partial charge in [0.1, 0.15) is 0 Å². The number of likely N-dealkylation sites (tertiary alicyclic amines) is 1. The number of hydrogen-bond donors (Lipinski definition) is 0. The highest BCUT2D eigenvalue weighted by Gasteiger charge is 2.60. The number of likely N-dealkylation sites (N-methyl/N-ethyl adjacent to an activating group) is 1. The lowest BCUT2D eigenvalue weighted by Gasteiger charge is -2.19. The van der Waals surface area contributed by atoms with Gasteiger partial charge in [0.2, 0.25) is 0 Å². The molecular weight excluding hydrogens is 241 g/mol. The average Bonchev–Trinajstić information content (AvgIpc) is 2.86. The number of hydrogen-bond acceptors (Lipinski definition) is 1. The number of halogens is 2. The molecule has 1 aliphatic carbocycles. The molecule has 1 aliphatic heterocycles. The van der Waals surface area contributed by atoms with Gasteiger partial charge in [0.25, 0.3) is 0 Å². The molecule has 2 fully saturated rings. The Labute approximate surface area is 106 Å². The minimum absolute atomic E-state index is 0.393. The standard InChI is InChI=1S/C13H15Cl2N/c1-2-16-7-10-6-13(10,8-16)9-3-4-11(14)12(15)5-9/h3-5,10H,2,6-8H2,1H3/t10-,13+/m1/s1. The van der Waals surface area contributed by atoms with Crippen molar-refractivity contribution in [3.63, 3.8) is 0 Å². The van der Waals surface area contributed by atoms with Crippen molar-refractivity contribution < 1.29 is 0 Å². The molecule has 1 heterocycles. The van der Waals surface area contributed by atoms with Crippen LogP contribution >= 0.6 is 23.2 Å². The van der Waals surface area contributed by atoms with Crippen LogP contribution in [0.2, 0.25) is 10.0 Å². The number of piperidine rings is 1. The van der Waals surface area contributed by atoms with Crippen molar-refractivity contribution in [1.29, 1.82) is 0 Å². The van der Waals surface area contributed by atoms with Crippen molar-refractivity contribution in [2.75, 3.05) is 19.6 Å². The van der Waals surface area contributed by atoms with Crippen LogP contribution in [0.1, 0.15) is 18.9 Å². The first kappa shape index (κ1) is 10.9. The number of benzene rings is 1. The van der Waals surface area contributed by atoms with Crippen molar-refractivity contribution in [1.82, 2.24) is 4.90 Å². The van der Waals surface area contributed by atoms with E-state index in [0.717, 1.165) is 12.5 Å². The molecule has 1 aromatic rings. The van der Waals surface area contributed by atoms with E-state index in [1.807, 2.05) is 6.07 Å². The average molecular weight is 256 g/mol. The summed E-state index contributed by atoms with van der Waals surface area (Å²) in [5, 5.41) is 1.35. The Morgan fingerprint density at radius 1 is 1.38 bits per heavy atom. The van der Waals surface area contributed by atoms with Crippen LogP contribution in [0.4, 0.5) is 0 Å². The molecule has 1 saturated heterocycles. The topological polar surface area (TPSA) is 3.24 Å². The van der Waals surface area contributed by atoms with Crippen LogP contribution in [-0.4, -0.2) is 24.5 Å². The highest BCUT2D eigenvalue weighted by Crippen LogP contribution is 2.59. The molecule has 0 aromatic heterocycles. The predicted molar refractivity (Wildman–Crippen MR) is 68.4 cm³/mol. The molecule has 1 aromatic carbocycles. The molecule has 3 heteroatoms. The van der Waals surface area contributed by atoms with Gasteiger partial charge in [0.05, 0.1) is 10.0 Å². The van der Waals surface area contributed by atoms with Crippen LogP contribution in [0.5, 0.6) is 0 Å². The fraction of sp³-hybridized carbons (Fsp3) is 0.538. The van der Waals surface area contributed by atoms with E-state index < -0.39 is 0 Å². The Balaban J connectivity index is 1.91. The van der Waals surface area contributed by atoms with Gasteiger partial charge in [-0.1, -0.05) is 36.2 Å². The van der Waals surface area contributed by atoms with Crippen LogP contribution < -0.4 is 0 Å². The third-order valence-electron chi connectivity index (χ3n) is 4.16. The molecule has 16 heavy (non-hydrogen) atoms. The predicted octanol–water partition coefficient (Wildman–Crippen LogP) is 3.59. The molecular formula is C13H15Cl2N. The molecule has 3 rings (SSSR count). The van der Waals surface area contributed by atoms with Gasteiger partial charge in [0.15, 0.2) is 0 Å². The minimum atomic E-state index is 0.393. The van der Waals surface area contributed by atoms with E-state index in [2.05, 4.69) is 24.0 Å². The molecule has 86 valence electrons. The van der Waals surface area contributed by atoms with E-state index in [0.29, 0.717) is 15.5 Å². The van der Waals surface area contributed by atoms with Gasteiger partial charge in [-0.15, -0.1) is 0 Å². The van der Waals surface area contributed by atoms with Gasteiger partial charge >= 0.3 is 0 Å². The molecule has 2 aliphatic rings. The van der Waals surface area contributed by atoms with E-state index in [9.17, 15) is 0 Å². The zero-order chi connectivity index (χ0) is 11.3. The van der Waals surface area contributed by atoms with Gasteiger partial charge in [-0.25, -0.2) is 0 Å². The van der Waals surface area contributed by atoms with E-state index in [1.165, 1.54) is 25.1 Å². The van der Waals surface area contributed by atoms with Crippen LogP contribution in [-0.2, 0) is 5.41 Å². The largest absolute Gasteiger partial charge is 0.302 e. The molecule has 0 amide bonds. The lowest BCUT2D eigenvalue weighted by molar-refractivity contribution is 0.314. The van der Waals surface area contributed by atoms with Crippen LogP contribution in [0.25, 0.3) is 0 Å². The quantitative estimate of drug-likeness (QED) is 0.781. The smallest absolute Gasteiger partial charge is 0.0595 e. The number of fused-ring (bicyclic) bond motifs is 1. The Kier molecular flexibility index (Phi) is 2.47. The first-order chi connectivity index (χ1) is 7.65. The SMILES string of the molecule is CCN1C[C@H]2C[C@@]2(c2ccc(Cl)c(Cl)c2)C1. The van der Waals surface area contributed by atoms with Gasteiger partial charge < -0.3 is 4.90 Å². The third kappa shape index (κ3) is 1.49. The Morgan fingerprint density at radius 3 is 2.81 bits per heavy atom. The minimum Gasteiger partial charge on any atom is -0.302 e. The summed E-state index contributed by atoms with van der Waals surface area (Å²) in [6.45, 7) is 5.82. The molecule has 0 bridgehead atoms. The maximum absolute atomic E-state index is 6.10. The second-order valence-electron chi connectivity index (χ2n) is 5.01. The fourth-order valence-electron chi connectivity index (χ4n) is 3.08. The molecule has 1 saturated carbocycles. The molecule has 0 spiro atoms. The van der Waals surface area contributed by atoms with E-state index >= 15 is 0 Å². The Bertz CT molecular complexity index is 432. The van der Waals surface area contributed by atoms with Crippen molar-refractivity contribution in [2.24, 2.45) is 5.92 Å². The highest BCUT2D eigenvalue weighted by atomic mass is 35.5. The third-order valence-corrected chi connectivity index (χ3v) is 4.90. The van der Waals surface area contributed by atoms with Gasteiger partial charge in [0, 0.05) is 18.5 Å². The lowest BCUT2D eigenvalue weighted by atomic mass is 9.95. The van der Waals surface area contributed by atoms with E-state index in [-0.39, 0.29) is 0 Å². The van der Waals surface area contributed by atoms with Gasteiger partial charge in [-0.3, -0.25) is 0 Å². The zero-order valence-corrected chi connectivity index (χ0v) is 10.9. The second kappa shape index (κ2) is 3.63. The summed E-state index contributed by atoms with van der Waals surface area (Å²) in [6.07, 6.45) is 1.32. The summed E-state index contributed by atoms with van der Waals surface area (Å²) >= 11 is 12.1. The normalized spacial score (nSPS) is 32.8. The van der Waals surface area contributed by atoms with Crippen molar-refractivity contribution in [3.8, 4) is 0 Å². The zero-order valence-electron chi connectivity index (χ0n) is 9.34. The molecule has 1 nitrogen and oxygen atoms in total. The Hall–Kier alpha value is -0.240. The summed E-state index contributed by atoms with van der Waals surface area (Å²) in [6, 6.07) is 6.13.